The SMILES string of the molecule is CC(C)C[C@H](N)C(=O)NCc1ccc(F)cc1F. The third kappa shape index (κ3) is 4.41. The Hall–Kier alpha value is -1.49. The average Bonchev–Trinajstić information content (AvgIpc) is 2.26. The Bertz CT molecular complexity index is 421. The molecule has 1 aromatic rings. The Kier molecular flexibility index (Phi) is 5.22. The zero-order chi connectivity index (χ0) is 13.7. The van der Waals surface area contributed by atoms with Crippen LogP contribution >= 0.6 is 0 Å². The molecule has 0 aliphatic heterocycles. The standard InChI is InChI=1S/C13H18F2N2O/c1-8(2)5-12(16)13(18)17-7-9-3-4-10(14)6-11(9)15/h3-4,6,8,12H,5,7,16H2,1-2H3,(H,17,18)/t12-/m0/s1. The Labute approximate surface area is 105 Å². The second-order valence-corrected chi connectivity index (χ2v) is 4.69. The molecule has 0 aromatic heterocycles. The van der Waals surface area contributed by atoms with E-state index in [1.54, 1.807) is 0 Å². The van der Waals surface area contributed by atoms with Crippen molar-refractivity contribution in [2.45, 2.75) is 32.9 Å². The molecule has 5 heteroatoms. The van der Waals surface area contributed by atoms with Crippen molar-refractivity contribution >= 4 is 5.91 Å². The molecule has 0 saturated carbocycles. The van der Waals surface area contributed by atoms with Crippen molar-refractivity contribution in [2.75, 3.05) is 0 Å². The van der Waals surface area contributed by atoms with Crippen LogP contribution in [0.4, 0.5) is 8.78 Å². The van der Waals surface area contributed by atoms with E-state index in [1.165, 1.54) is 6.07 Å². The predicted molar refractivity (Wildman–Crippen MR) is 65.6 cm³/mol. The molecular formula is C13H18F2N2O. The lowest BCUT2D eigenvalue weighted by molar-refractivity contribution is -0.122. The second-order valence-electron chi connectivity index (χ2n) is 4.69. The highest BCUT2D eigenvalue weighted by Crippen LogP contribution is 2.09. The van der Waals surface area contributed by atoms with Crippen LogP contribution < -0.4 is 11.1 Å². The van der Waals surface area contributed by atoms with E-state index in [-0.39, 0.29) is 18.0 Å². The van der Waals surface area contributed by atoms with Crippen LogP contribution in [0, 0.1) is 17.6 Å². The molecule has 1 rings (SSSR count). The highest BCUT2D eigenvalue weighted by atomic mass is 19.1. The lowest BCUT2D eigenvalue weighted by Crippen LogP contribution is -2.41. The van der Waals surface area contributed by atoms with Crippen molar-refractivity contribution in [1.82, 2.24) is 5.32 Å². The van der Waals surface area contributed by atoms with Gasteiger partial charge >= 0.3 is 0 Å². The zero-order valence-corrected chi connectivity index (χ0v) is 10.5. The van der Waals surface area contributed by atoms with Crippen molar-refractivity contribution in [3.63, 3.8) is 0 Å². The summed E-state index contributed by atoms with van der Waals surface area (Å²) in [6.45, 7) is 3.94. The van der Waals surface area contributed by atoms with E-state index in [9.17, 15) is 13.6 Å². The number of halogens is 2. The van der Waals surface area contributed by atoms with Crippen LogP contribution in [0.5, 0.6) is 0 Å². The van der Waals surface area contributed by atoms with Crippen LogP contribution in [0.25, 0.3) is 0 Å². The number of hydrogen-bond acceptors (Lipinski definition) is 2. The number of rotatable bonds is 5. The first kappa shape index (κ1) is 14.6. The summed E-state index contributed by atoms with van der Waals surface area (Å²) < 4.78 is 26.0. The summed E-state index contributed by atoms with van der Waals surface area (Å²) in [5.74, 6) is -1.33. The van der Waals surface area contributed by atoms with Gasteiger partial charge in [0.15, 0.2) is 0 Å². The molecule has 100 valence electrons. The van der Waals surface area contributed by atoms with E-state index in [1.807, 2.05) is 13.8 Å². The minimum atomic E-state index is -0.673. The van der Waals surface area contributed by atoms with E-state index in [0.29, 0.717) is 12.3 Å². The van der Waals surface area contributed by atoms with Crippen molar-refractivity contribution in [1.29, 1.82) is 0 Å². The van der Waals surface area contributed by atoms with Gasteiger partial charge in [0.05, 0.1) is 6.04 Å². The third-order valence-corrected chi connectivity index (χ3v) is 2.53. The quantitative estimate of drug-likeness (QED) is 0.846. The van der Waals surface area contributed by atoms with Crippen LogP contribution in [0.1, 0.15) is 25.8 Å². The molecule has 0 fully saturated rings. The van der Waals surface area contributed by atoms with Gasteiger partial charge in [-0.25, -0.2) is 8.78 Å². The lowest BCUT2D eigenvalue weighted by Gasteiger charge is -2.14. The molecule has 3 nitrogen and oxygen atoms in total. The summed E-state index contributed by atoms with van der Waals surface area (Å²) in [6.07, 6.45) is 0.567. The first-order chi connectivity index (χ1) is 8.40. The van der Waals surface area contributed by atoms with Crippen LogP contribution in [-0.2, 0) is 11.3 Å². The van der Waals surface area contributed by atoms with Gasteiger partial charge < -0.3 is 11.1 Å². The normalized spacial score (nSPS) is 12.6. The first-order valence-corrected chi connectivity index (χ1v) is 5.87. The monoisotopic (exact) mass is 256 g/mol. The number of carbonyl (C=O) groups is 1. The van der Waals surface area contributed by atoms with Crippen LogP contribution in [-0.4, -0.2) is 11.9 Å². The Morgan fingerprint density at radius 2 is 2.06 bits per heavy atom. The molecular weight excluding hydrogens is 238 g/mol. The van der Waals surface area contributed by atoms with Gasteiger partial charge in [0.1, 0.15) is 11.6 Å². The molecule has 0 bridgehead atoms. The fourth-order valence-corrected chi connectivity index (χ4v) is 1.59. The minimum absolute atomic E-state index is 0.0107. The van der Waals surface area contributed by atoms with Crippen molar-refractivity contribution < 1.29 is 13.6 Å². The van der Waals surface area contributed by atoms with Crippen LogP contribution in [0.3, 0.4) is 0 Å². The van der Waals surface area contributed by atoms with E-state index in [2.05, 4.69) is 5.32 Å². The van der Waals surface area contributed by atoms with Crippen molar-refractivity contribution in [3.8, 4) is 0 Å². The summed E-state index contributed by atoms with van der Waals surface area (Å²) in [4.78, 5) is 11.6. The Morgan fingerprint density at radius 3 is 2.61 bits per heavy atom. The molecule has 18 heavy (non-hydrogen) atoms. The highest BCUT2D eigenvalue weighted by Gasteiger charge is 2.15. The number of amides is 1. The highest BCUT2D eigenvalue weighted by molar-refractivity contribution is 5.81. The molecule has 1 amide bonds. The number of benzene rings is 1. The minimum Gasteiger partial charge on any atom is -0.351 e. The molecule has 0 radical (unpaired) electrons. The average molecular weight is 256 g/mol. The molecule has 0 aliphatic carbocycles. The van der Waals surface area contributed by atoms with Crippen molar-refractivity contribution in [2.24, 2.45) is 11.7 Å². The largest absolute Gasteiger partial charge is 0.351 e. The van der Waals surface area contributed by atoms with E-state index >= 15 is 0 Å². The van der Waals surface area contributed by atoms with Gasteiger partial charge in [0.2, 0.25) is 5.91 Å². The molecule has 0 unspecified atom stereocenters. The molecule has 1 aromatic carbocycles. The third-order valence-electron chi connectivity index (χ3n) is 2.53. The molecule has 0 spiro atoms. The maximum Gasteiger partial charge on any atom is 0.237 e. The first-order valence-electron chi connectivity index (χ1n) is 5.87. The fraction of sp³-hybridized carbons (Fsp3) is 0.462. The molecule has 0 heterocycles. The molecule has 1 atom stereocenters. The van der Waals surface area contributed by atoms with Gasteiger partial charge in [-0.05, 0) is 18.4 Å². The number of carbonyl (C=O) groups excluding carboxylic acids is 1. The fourth-order valence-electron chi connectivity index (χ4n) is 1.59. The van der Waals surface area contributed by atoms with Crippen LogP contribution in [0.15, 0.2) is 18.2 Å². The van der Waals surface area contributed by atoms with E-state index < -0.39 is 17.7 Å². The molecule has 0 aliphatic rings. The summed E-state index contributed by atoms with van der Waals surface area (Å²) >= 11 is 0. The molecule has 3 N–H and O–H groups in total. The summed E-state index contributed by atoms with van der Waals surface area (Å²) in [5.41, 5.74) is 5.92. The number of nitrogens with two attached hydrogens (primary N) is 1. The van der Waals surface area contributed by atoms with Gasteiger partial charge in [-0.1, -0.05) is 19.9 Å². The predicted octanol–water partition coefficient (Wildman–Crippen LogP) is 1.95. The zero-order valence-electron chi connectivity index (χ0n) is 10.5. The van der Waals surface area contributed by atoms with Gasteiger partial charge in [0.25, 0.3) is 0 Å². The van der Waals surface area contributed by atoms with Crippen molar-refractivity contribution in [3.05, 3.63) is 35.4 Å². The Morgan fingerprint density at radius 1 is 1.39 bits per heavy atom. The Balaban J connectivity index is 2.52. The summed E-state index contributed by atoms with van der Waals surface area (Å²) in [5, 5.41) is 2.54. The number of hydrogen-bond donors (Lipinski definition) is 2. The van der Waals surface area contributed by atoms with Gasteiger partial charge in [0, 0.05) is 18.2 Å². The molecule has 0 saturated heterocycles. The van der Waals surface area contributed by atoms with Gasteiger partial charge in [-0.2, -0.15) is 0 Å². The van der Waals surface area contributed by atoms with E-state index in [0.717, 1.165) is 12.1 Å². The van der Waals surface area contributed by atoms with Gasteiger partial charge in [-0.15, -0.1) is 0 Å². The lowest BCUT2D eigenvalue weighted by atomic mass is 10.0. The van der Waals surface area contributed by atoms with E-state index in [4.69, 9.17) is 5.73 Å². The number of nitrogens with one attached hydrogen (secondary N) is 1. The smallest absolute Gasteiger partial charge is 0.237 e. The second kappa shape index (κ2) is 6.44. The summed E-state index contributed by atoms with van der Waals surface area (Å²) in [7, 11) is 0. The maximum atomic E-state index is 13.3. The van der Waals surface area contributed by atoms with Crippen LogP contribution in [0.2, 0.25) is 0 Å². The summed E-state index contributed by atoms with van der Waals surface area (Å²) in [6, 6.07) is 2.64. The maximum absolute atomic E-state index is 13.3. The van der Waals surface area contributed by atoms with Gasteiger partial charge in [-0.3, -0.25) is 4.79 Å². The topological polar surface area (TPSA) is 55.1 Å².